The first-order chi connectivity index (χ1) is 9.18. The zero-order chi connectivity index (χ0) is 13.3. The Morgan fingerprint density at radius 1 is 1.47 bits per heavy atom. The van der Waals surface area contributed by atoms with Crippen LogP contribution in [0.1, 0.15) is 36.8 Å². The maximum atomic E-state index is 12.1. The van der Waals surface area contributed by atoms with E-state index < -0.39 is 0 Å². The number of hydrogen-bond acceptors (Lipinski definition) is 2. The molecule has 3 nitrogen and oxygen atoms in total. The molecule has 2 fully saturated rings. The van der Waals surface area contributed by atoms with Crippen molar-refractivity contribution in [2.24, 2.45) is 5.92 Å². The lowest BCUT2D eigenvalue weighted by molar-refractivity contribution is -0.123. The number of rotatable bonds is 4. The Morgan fingerprint density at radius 3 is 2.95 bits per heavy atom. The fourth-order valence-electron chi connectivity index (χ4n) is 2.88. The first-order valence-corrected chi connectivity index (χ1v) is 7.14. The summed E-state index contributed by atoms with van der Waals surface area (Å²) in [6.45, 7) is 3.64. The van der Waals surface area contributed by atoms with E-state index in [1.807, 2.05) is 0 Å². The van der Waals surface area contributed by atoms with Crippen molar-refractivity contribution in [3.63, 3.8) is 0 Å². The molecule has 3 rings (SSSR count). The van der Waals surface area contributed by atoms with Crippen LogP contribution in [0, 0.1) is 12.8 Å². The van der Waals surface area contributed by atoms with E-state index in [9.17, 15) is 4.79 Å². The predicted octanol–water partition coefficient (Wildman–Crippen LogP) is 2.53. The first kappa shape index (κ1) is 12.7. The Bertz CT molecular complexity index is 473. The summed E-state index contributed by atoms with van der Waals surface area (Å²) in [6.07, 6.45) is 3.74. The molecule has 102 valence electrons. The summed E-state index contributed by atoms with van der Waals surface area (Å²) in [7, 11) is 0. The van der Waals surface area contributed by atoms with Crippen LogP contribution >= 0.6 is 0 Å². The molecule has 0 unspecified atom stereocenters. The fourth-order valence-corrected chi connectivity index (χ4v) is 2.88. The van der Waals surface area contributed by atoms with Crippen molar-refractivity contribution >= 4 is 5.91 Å². The van der Waals surface area contributed by atoms with Gasteiger partial charge in [-0.3, -0.25) is 4.79 Å². The van der Waals surface area contributed by atoms with Crippen LogP contribution in [-0.4, -0.2) is 19.1 Å². The van der Waals surface area contributed by atoms with Crippen LogP contribution in [0.15, 0.2) is 24.3 Å². The minimum Gasteiger partial charge on any atom is -0.381 e. The normalized spacial score (nSPS) is 24.2. The van der Waals surface area contributed by atoms with Gasteiger partial charge in [-0.1, -0.05) is 29.8 Å². The third kappa shape index (κ3) is 2.81. The summed E-state index contributed by atoms with van der Waals surface area (Å²) >= 11 is 0. The van der Waals surface area contributed by atoms with Gasteiger partial charge < -0.3 is 10.1 Å². The SMILES string of the molecule is Cc1cccc(C2(NC(=O)C[C@@H]3CCOC3)CC2)c1. The molecule has 1 aromatic rings. The molecule has 0 radical (unpaired) electrons. The molecule has 1 amide bonds. The molecule has 1 aromatic carbocycles. The van der Waals surface area contributed by atoms with Gasteiger partial charge in [-0.05, 0) is 37.7 Å². The third-order valence-electron chi connectivity index (χ3n) is 4.20. The molecule has 1 heterocycles. The number of carbonyl (C=O) groups is 1. The van der Waals surface area contributed by atoms with Crippen LogP contribution in [0.5, 0.6) is 0 Å². The standard InChI is InChI=1S/C16H21NO2/c1-12-3-2-4-14(9-12)16(6-7-16)17-15(18)10-13-5-8-19-11-13/h2-4,9,13H,5-8,10-11H2,1H3,(H,17,18)/t13-/m0/s1. The summed E-state index contributed by atoms with van der Waals surface area (Å²) < 4.78 is 5.32. The zero-order valence-corrected chi connectivity index (χ0v) is 11.4. The van der Waals surface area contributed by atoms with Crippen molar-refractivity contribution in [3.05, 3.63) is 35.4 Å². The summed E-state index contributed by atoms with van der Waals surface area (Å²) in [5.74, 6) is 0.586. The smallest absolute Gasteiger partial charge is 0.221 e. The average molecular weight is 259 g/mol. The number of hydrogen-bond donors (Lipinski definition) is 1. The molecule has 0 bridgehead atoms. The average Bonchev–Trinajstić information content (AvgIpc) is 2.97. The van der Waals surface area contributed by atoms with Gasteiger partial charge in [0.15, 0.2) is 0 Å². The third-order valence-corrected chi connectivity index (χ3v) is 4.20. The van der Waals surface area contributed by atoms with Gasteiger partial charge in [0.05, 0.1) is 5.54 Å². The van der Waals surface area contributed by atoms with E-state index in [4.69, 9.17) is 4.74 Å². The van der Waals surface area contributed by atoms with E-state index in [1.54, 1.807) is 0 Å². The van der Waals surface area contributed by atoms with E-state index >= 15 is 0 Å². The van der Waals surface area contributed by atoms with Gasteiger partial charge >= 0.3 is 0 Å². The molecule has 3 heteroatoms. The summed E-state index contributed by atoms with van der Waals surface area (Å²) in [6, 6.07) is 8.48. The number of benzene rings is 1. The topological polar surface area (TPSA) is 38.3 Å². The van der Waals surface area contributed by atoms with Crippen LogP contribution in [0.25, 0.3) is 0 Å². The maximum absolute atomic E-state index is 12.1. The van der Waals surface area contributed by atoms with Gasteiger partial charge in [-0.25, -0.2) is 0 Å². The van der Waals surface area contributed by atoms with Crippen molar-refractivity contribution in [1.29, 1.82) is 0 Å². The molecule has 2 aliphatic rings. The van der Waals surface area contributed by atoms with Crippen molar-refractivity contribution < 1.29 is 9.53 Å². The quantitative estimate of drug-likeness (QED) is 0.902. The van der Waals surface area contributed by atoms with Crippen LogP contribution in [0.4, 0.5) is 0 Å². The molecule has 19 heavy (non-hydrogen) atoms. The molecule has 0 aromatic heterocycles. The molecule has 0 spiro atoms. The Hall–Kier alpha value is -1.35. The lowest BCUT2D eigenvalue weighted by Crippen LogP contribution is -2.35. The van der Waals surface area contributed by atoms with Crippen molar-refractivity contribution in [2.75, 3.05) is 13.2 Å². The van der Waals surface area contributed by atoms with Crippen LogP contribution in [0.2, 0.25) is 0 Å². The summed E-state index contributed by atoms with van der Waals surface area (Å²) in [5.41, 5.74) is 2.42. The van der Waals surface area contributed by atoms with Gasteiger partial charge in [-0.2, -0.15) is 0 Å². The van der Waals surface area contributed by atoms with Gasteiger partial charge in [0, 0.05) is 19.6 Å². The van der Waals surface area contributed by atoms with E-state index in [-0.39, 0.29) is 11.4 Å². The van der Waals surface area contributed by atoms with Gasteiger partial charge in [-0.15, -0.1) is 0 Å². The molecule has 1 aliphatic heterocycles. The van der Waals surface area contributed by atoms with E-state index in [1.165, 1.54) is 11.1 Å². The van der Waals surface area contributed by atoms with E-state index in [0.29, 0.717) is 12.3 Å². The lowest BCUT2D eigenvalue weighted by Gasteiger charge is -2.19. The number of carbonyl (C=O) groups excluding carboxylic acids is 1. The van der Waals surface area contributed by atoms with Crippen molar-refractivity contribution in [3.8, 4) is 0 Å². The fraction of sp³-hybridized carbons (Fsp3) is 0.562. The number of aryl methyl sites for hydroxylation is 1. The number of amides is 1. The Balaban J connectivity index is 1.63. The monoisotopic (exact) mass is 259 g/mol. The molecule has 1 saturated heterocycles. The zero-order valence-electron chi connectivity index (χ0n) is 11.4. The second-order valence-corrected chi connectivity index (χ2v) is 5.93. The second-order valence-electron chi connectivity index (χ2n) is 5.93. The summed E-state index contributed by atoms with van der Waals surface area (Å²) in [4.78, 5) is 12.1. The molecular weight excluding hydrogens is 238 g/mol. The maximum Gasteiger partial charge on any atom is 0.221 e. The Kier molecular flexibility index (Phi) is 3.31. The van der Waals surface area contributed by atoms with Crippen LogP contribution < -0.4 is 5.32 Å². The minimum atomic E-state index is -0.0808. The highest BCUT2D eigenvalue weighted by molar-refractivity contribution is 5.78. The number of ether oxygens (including phenoxy) is 1. The summed E-state index contributed by atoms with van der Waals surface area (Å²) in [5, 5.41) is 3.24. The largest absolute Gasteiger partial charge is 0.381 e. The minimum absolute atomic E-state index is 0.0808. The molecule has 1 aliphatic carbocycles. The first-order valence-electron chi connectivity index (χ1n) is 7.14. The Labute approximate surface area is 114 Å². The highest BCUT2D eigenvalue weighted by atomic mass is 16.5. The molecule has 1 N–H and O–H groups in total. The second kappa shape index (κ2) is 4.97. The predicted molar refractivity (Wildman–Crippen MR) is 73.8 cm³/mol. The lowest BCUT2D eigenvalue weighted by atomic mass is 10.0. The molecular formula is C16H21NO2. The molecule has 1 saturated carbocycles. The highest BCUT2D eigenvalue weighted by Gasteiger charge is 2.45. The van der Waals surface area contributed by atoms with Crippen LogP contribution in [0.3, 0.4) is 0 Å². The Morgan fingerprint density at radius 2 is 2.32 bits per heavy atom. The van der Waals surface area contributed by atoms with Gasteiger partial charge in [0.2, 0.25) is 5.91 Å². The van der Waals surface area contributed by atoms with Crippen molar-refractivity contribution in [2.45, 2.75) is 38.1 Å². The van der Waals surface area contributed by atoms with E-state index in [2.05, 4.69) is 36.5 Å². The van der Waals surface area contributed by atoms with Crippen LogP contribution in [-0.2, 0) is 15.1 Å². The van der Waals surface area contributed by atoms with Crippen molar-refractivity contribution in [1.82, 2.24) is 5.32 Å². The number of nitrogens with one attached hydrogen (secondary N) is 1. The highest BCUT2D eigenvalue weighted by Crippen LogP contribution is 2.45. The molecule has 1 atom stereocenters. The van der Waals surface area contributed by atoms with Gasteiger partial charge in [0.1, 0.15) is 0 Å². The van der Waals surface area contributed by atoms with E-state index in [0.717, 1.165) is 32.5 Å². The van der Waals surface area contributed by atoms with Gasteiger partial charge in [0.25, 0.3) is 0 Å².